The van der Waals surface area contributed by atoms with Crippen molar-refractivity contribution in [3.05, 3.63) is 30.1 Å². The molecule has 2 rings (SSSR count). The summed E-state index contributed by atoms with van der Waals surface area (Å²) in [5, 5.41) is 0. The van der Waals surface area contributed by atoms with Gasteiger partial charge >= 0.3 is 0 Å². The van der Waals surface area contributed by atoms with E-state index in [2.05, 4.69) is 24.2 Å². The second-order valence-electron chi connectivity index (χ2n) is 2.82. The topological polar surface area (TPSA) is 43.3 Å². The predicted octanol–water partition coefficient (Wildman–Crippen LogP) is 1.48. The summed E-state index contributed by atoms with van der Waals surface area (Å²) < 4.78 is 1.95. The van der Waals surface area contributed by atoms with E-state index in [1.165, 1.54) is 5.56 Å². The molecule has 3 heteroatoms. The van der Waals surface area contributed by atoms with Crippen LogP contribution in [0.4, 0.5) is 5.82 Å². The number of fused-ring (bicyclic) bond motifs is 1. The molecule has 0 aliphatic rings. The lowest BCUT2D eigenvalue weighted by Crippen LogP contribution is -1.86. The zero-order valence-corrected chi connectivity index (χ0v) is 6.99. The number of hydrogen-bond donors (Lipinski definition) is 1. The molecule has 0 bridgehead atoms. The van der Waals surface area contributed by atoms with Crippen LogP contribution in [0.15, 0.2) is 24.5 Å². The summed E-state index contributed by atoms with van der Waals surface area (Å²) >= 11 is 0. The third-order valence-corrected chi connectivity index (χ3v) is 1.94. The summed E-state index contributed by atoms with van der Waals surface area (Å²) in [5.41, 5.74) is 7.75. The van der Waals surface area contributed by atoms with Crippen molar-refractivity contribution in [2.45, 2.75) is 13.3 Å². The number of nitrogens with zero attached hydrogens (tertiary/aromatic N) is 2. The van der Waals surface area contributed by atoms with Crippen molar-refractivity contribution in [1.29, 1.82) is 0 Å². The quantitative estimate of drug-likeness (QED) is 0.688. The second kappa shape index (κ2) is 2.52. The SMILES string of the molecule is CCc1ccc2nc(N)cn2c1. The summed E-state index contributed by atoms with van der Waals surface area (Å²) in [6.45, 7) is 2.13. The molecule has 0 aliphatic heterocycles. The lowest BCUT2D eigenvalue weighted by Gasteiger charge is -1.96. The lowest BCUT2D eigenvalue weighted by atomic mass is 10.2. The number of rotatable bonds is 1. The van der Waals surface area contributed by atoms with Crippen LogP contribution < -0.4 is 5.73 Å². The third kappa shape index (κ3) is 1.03. The van der Waals surface area contributed by atoms with Gasteiger partial charge in [-0.3, -0.25) is 0 Å². The smallest absolute Gasteiger partial charge is 0.142 e. The summed E-state index contributed by atoms with van der Waals surface area (Å²) in [6, 6.07) is 4.05. The van der Waals surface area contributed by atoms with Gasteiger partial charge in [-0.05, 0) is 18.1 Å². The molecular weight excluding hydrogens is 150 g/mol. The van der Waals surface area contributed by atoms with Gasteiger partial charge in [0.15, 0.2) is 0 Å². The van der Waals surface area contributed by atoms with E-state index in [0.29, 0.717) is 5.82 Å². The van der Waals surface area contributed by atoms with Crippen molar-refractivity contribution in [1.82, 2.24) is 9.38 Å². The zero-order chi connectivity index (χ0) is 8.55. The fraction of sp³-hybridized carbons (Fsp3) is 0.222. The van der Waals surface area contributed by atoms with Crippen LogP contribution >= 0.6 is 0 Å². The molecule has 0 aromatic carbocycles. The Labute approximate surface area is 70.8 Å². The van der Waals surface area contributed by atoms with Crippen LogP contribution in [-0.4, -0.2) is 9.38 Å². The van der Waals surface area contributed by atoms with Gasteiger partial charge in [0.05, 0.1) is 6.20 Å². The standard InChI is InChI=1S/C9H11N3/c1-2-7-3-4-9-11-8(10)6-12(9)5-7/h3-6H,2,10H2,1H3. The maximum Gasteiger partial charge on any atom is 0.142 e. The number of pyridine rings is 1. The van der Waals surface area contributed by atoms with Gasteiger partial charge in [-0.25, -0.2) is 4.98 Å². The highest BCUT2D eigenvalue weighted by molar-refractivity contribution is 5.47. The second-order valence-corrected chi connectivity index (χ2v) is 2.82. The maximum absolute atomic E-state index is 5.55. The predicted molar refractivity (Wildman–Crippen MR) is 49.0 cm³/mol. The van der Waals surface area contributed by atoms with Gasteiger partial charge in [-0.2, -0.15) is 0 Å². The van der Waals surface area contributed by atoms with Crippen LogP contribution in [0.25, 0.3) is 5.65 Å². The molecule has 0 radical (unpaired) electrons. The maximum atomic E-state index is 5.55. The molecule has 0 spiro atoms. The van der Waals surface area contributed by atoms with Crippen molar-refractivity contribution >= 4 is 11.5 Å². The number of nitrogens with two attached hydrogens (primary N) is 1. The molecule has 0 aliphatic carbocycles. The van der Waals surface area contributed by atoms with Crippen molar-refractivity contribution in [3.63, 3.8) is 0 Å². The molecule has 2 heterocycles. The molecule has 2 aromatic rings. The fourth-order valence-electron chi connectivity index (χ4n) is 1.27. The minimum absolute atomic E-state index is 0.572. The third-order valence-electron chi connectivity index (χ3n) is 1.94. The molecule has 12 heavy (non-hydrogen) atoms. The van der Waals surface area contributed by atoms with Gasteiger partial charge in [-0.15, -0.1) is 0 Å². The Morgan fingerprint density at radius 1 is 1.42 bits per heavy atom. The van der Waals surface area contributed by atoms with Crippen LogP contribution in [-0.2, 0) is 6.42 Å². The van der Waals surface area contributed by atoms with Crippen LogP contribution in [0.5, 0.6) is 0 Å². The first-order valence-electron chi connectivity index (χ1n) is 4.02. The fourth-order valence-corrected chi connectivity index (χ4v) is 1.27. The number of nitrogen functional groups attached to an aromatic ring is 1. The van der Waals surface area contributed by atoms with Gasteiger partial charge in [-0.1, -0.05) is 13.0 Å². The van der Waals surface area contributed by atoms with Gasteiger partial charge < -0.3 is 10.1 Å². The normalized spacial score (nSPS) is 10.8. The summed E-state index contributed by atoms with van der Waals surface area (Å²) in [4.78, 5) is 4.13. The van der Waals surface area contributed by atoms with Crippen molar-refractivity contribution < 1.29 is 0 Å². The Bertz CT molecular complexity index is 403. The first-order chi connectivity index (χ1) is 5.79. The number of aromatic nitrogens is 2. The van der Waals surface area contributed by atoms with Gasteiger partial charge in [0.25, 0.3) is 0 Å². The minimum Gasteiger partial charge on any atom is -0.382 e. The number of aryl methyl sites for hydroxylation is 1. The Morgan fingerprint density at radius 3 is 3.00 bits per heavy atom. The van der Waals surface area contributed by atoms with E-state index in [1.54, 1.807) is 0 Å². The van der Waals surface area contributed by atoms with Crippen molar-refractivity contribution in [2.75, 3.05) is 5.73 Å². The van der Waals surface area contributed by atoms with Crippen LogP contribution in [0.3, 0.4) is 0 Å². The van der Waals surface area contributed by atoms with E-state index < -0.39 is 0 Å². The van der Waals surface area contributed by atoms with Crippen molar-refractivity contribution in [3.8, 4) is 0 Å². The Balaban J connectivity index is 2.66. The molecule has 0 fully saturated rings. The molecule has 0 saturated heterocycles. The summed E-state index contributed by atoms with van der Waals surface area (Å²) in [7, 11) is 0. The molecule has 2 aromatic heterocycles. The Kier molecular flexibility index (Phi) is 1.50. The monoisotopic (exact) mass is 161 g/mol. The first-order valence-corrected chi connectivity index (χ1v) is 4.02. The van der Waals surface area contributed by atoms with E-state index in [4.69, 9.17) is 5.73 Å². The zero-order valence-electron chi connectivity index (χ0n) is 6.99. The number of hydrogen-bond acceptors (Lipinski definition) is 2. The highest BCUT2D eigenvalue weighted by Crippen LogP contribution is 2.08. The molecule has 3 nitrogen and oxygen atoms in total. The van der Waals surface area contributed by atoms with E-state index in [-0.39, 0.29) is 0 Å². The van der Waals surface area contributed by atoms with Crippen LogP contribution in [0.1, 0.15) is 12.5 Å². The van der Waals surface area contributed by atoms with E-state index >= 15 is 0 Å². The minimum atomic E-state index is 0.572. The average molecular weight is 161 g/mol. The molecule has 0 unspecified atom stereocenters. The van der Waals surface area contributed by atoms with Crippen LogP contribution in [0, 0.1) is 0 Å². The molecule has 62 valence electrons. The van der Waals surface area contributed by atoms with E-state index in [9.17, 15) is 0 Å². The molecular formula is C9H11N3. The number of imidazole rings is 1. The molecule has 0 saturated carbocycles. The lowest BCUT2D eigenvalue weighted by molar-refractivity contribution is 1.07. The highest BCUT2D eigenvalue weighted by atomic mass is 15.0. The van der Waals surface area contributed by atoms with Crippen LogP contribution in [0.2, 0.25) is 0 Å². The summed E-state index contributed by atoms with van der Waals surface area (Å²) in [5.74, 6) is 0.572. The molecule has 0 atom stereocenters. The van der Waals surface area contributed by atoms with E-state index in [0.717, 1.165) is 12.1 Å². The average Bonchev–Trinajstić information content (AvgIpc) is 2.43. The molecule has 0 amide bonds. The molecule has 2 N–H and O–H groups in total. The van der Waals surface area contributed by atoms with Gasteiger partial charge in [0.2, 0.25) is 0 Å². The van der Waals surface area contributed by atoms with Crippen molar-refractivity contribution in [2.24, 2.45) is 0 Å². The highest BCUT2D eigenvalue weighted by Gasteiger charge is 1.97. The number of anilines is 1. The summed E-state index contributed by atoms with van der Waals surface area (Å²) in [6.07, 6.45) is 4.92. The Morgan fingerprint density at radius 2 is 2.25 bits per heavy atom. The first kappa shape index (κ1) is 7.16. The van der Waals surface area contributed by atoms with Gasteiger partial charge in [0.1, 0.15) is 11.5 Å². The Hall–Kier alpha value is -1.51. The van der Waals surface area contributed by atoms with E-state index in [1.807, 2.05) is 16.7 Å². The van der Waals surface area contributed by atoms with Gasteiger partial charge in [0, 0.05) is 6.20 Å². The largest absolute Gasteiger partial charge is 0.382 e.